The Morgan fingerprint density at radius 2 is 1.80 bits per heavy atom. The van der Waals surface area contributed by atoms with Gasteiger partial charge in [-0.2, -0.15) is 0 Å². The zero-order valence-electron chi connectivity index (χ0n) is 11.5. The van der Waals surface area contributed by atoms with E-state index in [0.29, 0.717) is 12.2 Å². The molecule has 0 saturated carbocycles. The third-order valence-electron chi connectivity index (χ3n) is 3.48. The molecule has 0 aliphatic carbocycles. The highest BCUT2D eigenvalue weighted by Crippen LogP contribution is 2.34. The number of carbonyl (C=O) groups is 1. The average molecular weight is 331 g/mol. The number of fused-ring (bicyclic) bond motifs is 1. The molecule has 0 unspecified atom stereocenters. The van der Waals surface area contributed by atoms with E-state index in [-0.39, 0.29) is 5.78 Å². The molecule has 0 radical (unpaired) electrons. The zero-order valence-corrected chi connectivity index (χ0v) is 13.1. The number of ketones is 1. The van der Waals surface area contributed by atoms with Crippen LogP contribution in [0.2, 0.25) is 0 Å². The first-order chi connectivity index (χ1) is 9.54. The predicted octanol–water partition coefficient (Wildman–Crippen LogP) is 4.23. The van der Waals surface area contributed by atoms with Crippen LogP contribution in [-0.2, 0) is 6.42 Å². The third-order valence-corrected chi connectivity index (χ3v) is 3.93. The van der Waals surface area contributed by atoms with E-state index in [0.717, 1.165) is 38.9 Å². The third kappa shape index (κ3) is 2.38. The van der Waals surface area contributed by atoms with Crippen LogP contribution < -0.4 is 4.74 Å². The second-order valence-corrected chi connectivity index (χ2v) is 6.16. The first-order valence-electron chi connectivity index (χ1n) is 6.63. The summed E-state index contributed by atoms with van der Waals surface area (Å²) in [4.78, 5) is 12.8. The summed E-state index contributed by atoms with van der Waals surface area (Å²) in [5, 5.41) is 0. The number of hydrogen-bond acceptors (Lipinski definition) is 2. The van der Waals surface area contributed by atoms with E-state index in [4.69, 9.17) is 4.74 Å². The van der Waals surface area contributed by atoms with Gasteiger partial charge in [-0.05, 0) is 43.7 Å². The molecular weight excluding hydrogens is 316 g/mol. The summed E-state index contributed by atoms with van der Waals surface area (Å²) in [6, 6.07) is 9.80. The fraction of sp³-hybridized carbons (Fsp3) is 0.235. The zero-order chi connectivity index (χ0) is 14.3. The van der Waals surface area contributed by atoms with Crippen LogP contribution in [0.4, 0.5) is 0 Å². The van der Waals surface area contributed by atoms with Crippen LogP contribution in [0.25, 0.3) is 0 Å². The van der Waals surface area contributed by atoms with Crippen molar-refractivity contribution in [1.29, 1.82) is 0 Å². The fourth-order valence-corrected chi connectivity index (χ4v) is 3.20. The van der Waals surface area contributed by atoms with Crippen molar-refractivity contribution in [2.45, 2.75) is 20.3 Å². The number of aryl methyl sites for hydroxylation is 2. The highest BCUT2D eigenvalue weighted by molar-refractivity contribution is 9.10. The van der Waals surface area contributed by atoms with Crippen LogP contribution in [-0.4, -0.2) is 12.4 Å². The maximum atomic E-state index is 12.8. The Kier molecular flexibility index (Phi) is 3.38. The lowest BCUT2D eigenvalue weighted by Gasteiger charge is -2.09. The van der Waals surface area contributed by atoms with E-state index in [1.54, 1.807) is 0 Å². The van der Waals surface area contributed by atoms with Crippen molar-refractivity contribution in [3.05, 3.63) is 62.6 Å². The molecule has 2 nitrogen and oxygen atoms in total. The van der Waals surface area contributed by atoms with Gasteiger partial charge in [0.1, 0.15) is 5.75 Å². The van der Waals surface area contributed by atoms with Gasteiger partial charge in [0, 0.05) is 16.5 Å². The molecule has 1 heterocycles. The SMILES string of the molecule is Cc1cc(C)cc(C(=O)c2cc(Br)cc3c2OCC3)c1. The second-order valence-electron chi connectivity index (χ2n) is 5.25. The van der Waals surface area contributed by atoms with Crippen molar-refractivity contribution in [2.75, 3.05) is 6.61 Å². The summed E-state index contributed by atoms with van der Waals surface area (Å²) in [7, 11) is 0. The van der Waals surface area contributed by atoms with Gasteiger partial charge < -0.3 is 4.74 Å². The predicted molar refractivity (Wildman–Crippen MR) is 82.7 cm³/mol. The Bertz CT molecular complexity index is 684. The quantitative estimate of drug-likeness (QED) is 0.770. The lowest BCUT2D eigenvalue weighted by molar-refractivity contribution is 0.103. The minimum Gasteiger partial charge on any atom is -0.492 e. The summed E-state index contributed by atoms with van der Waals surface area (Å²) in [5.41, 5.74) is 4.67. The van der Waals surface area contributed by atoms with Gasteiger partial charge in [-0.1, -0.05) is 33.1 Å². The van der Waals surface area contributed by atoms with Crippen molar-refractivity contribution < 1.29 is 9.53 Å². The van der Waals surface area contributed by atoms with Gasteiger partial charge in [-0.15, -0.1) is 0 Å². The molecule has 2 aromatic rings. The molecule has 0 bridgehead atoms. The van der Waals surface area contributed by atoms with Crippen LogP contribution in [0.1, 0.15) is 32.6 Å². The van der Waals surface area contributed by atoms with E-state index < -0.39 is 0 Å². The van der Waals surface area contributed by atoms with E-state index in [9.17, 15) is 4.79 Å². The van der Waals surface area contributed by atoms with Crippen molar-refractivity contribution >= 4 is 21.7 Å². The minimum absolute atomic E-state index is 0.0243. The molecule has 20 heavy (non-hydrogen) atoms. The smallest absolute Gasteiger partial charge is 0.196 e. The van der Waals surface area contributed by atoms with Gasteiger partial charge in [0.25, 0.3) is 0 Å². The van der Waals surface area contributed by atoms with Gasteiger partial charge in [0.15, 0.2) is 5.78 Å². The van der Waals surface area contributed by atoms with Crippen LogP contribution in [0.15, 0.2) is 34.8 Å². The fourth-order valence-electron chi connectivity index (χ4n) is 2.70. The summed E-state index contributed by atoms with van der Waals surface area (Å²) >= 11 is 3.48. The summed E-state index contributed by atoms with van der Waals surface area (Å²) in [6.45, 7) is 4.66. The summed E-state index contributed by atoms with van der Waals surface area (Å²) < 4.78 is 6.57. The monoisotopic (exact) mass is 330 g/mol. The molecule has 0 amide bonds. The lowest BCUT2D eigenvalue weighted by Crippen LogP contribution is -2.05. The molecule has 0 spiro atoms. The molecule has 3 rings (SSSR count). The summed E-state index contributed by atoms with van der Waals surface area (Å²) in [6.07, 6.45) is 0.863. The normalized spacial score (nSPS) is 12.9. The number of benzene rings is 2. The van der Waals surface area contributed by atoms with Crippen LogP contribution in [0.3, 0.4) is 0 Å². The first kappa shape index (κ1) is 13.4. The highest BCUT2D eigenvalue weighted by atomic mass is 79.9. The van der Waals surface area contributed by atoms with E-state index >= 15 is 0 Å². The molecule has 0 atom stereocenters. The number of halogens is 1. The van der Waals surface area contributed by atoms with Crippen LogP contribution >= 0.6 is 15.9 Å². The molecule has 102 valence electrons. The minimum atomic E-state index is 0.0243. The van der Waals surface area contributed by atoms with Crippen LogP contribution in [0, 0.1) is 13.8 Å². The molecule has 0 N–H and O–H groups in total. The second kappa shape index (κ2) is 5.06. The van der Waals surface area contributed by atoms with Gasteiger partial charge >= 0.3 is 0 Å². The van der Waals surface area contributed by atoms with Gasteiger partial charge in [0.2, 0.25) is 0 Å². The van der Waals surface area contributed by atoms with Crippen LogP contribution in [0.5, 0.6) is 5.75 Å². The Hall–Kier alpha value is -1.61. The molecular formula is C17H15BrO2. The Balaban J connectivity index is 2.11. The van der Waals surface area contributed by atoms with Crippen molar-refractivity contribution in [3.63, 3.8) is 0 Å². The Morgan fingerprint density at radius 1 is 1.10 bits per heavy atom. The molecule has 2 aromatic carbocycles. The lowest BCUT2D eigenvalue weighted by atomic mass is 9.97. The molecule has 1 aliphatic heterocycles. The molecule has 0 aromatic heterocycles. The number of carbonyl (C=O) groups excluding carboxylic acids is 1. The molecule has 1 aliphatic rings. The molecule has 0 fully saturated rings. The maximum absolute atomic E-state index is 12.8. The number of hydrogen-bond donors (Lipinski definition) is 0. The Morgan fingerprint density at radius 3 is 2.50 bits per heavy atom. The molecule has 0 saturated heterocycles. The highest BCUT2D eigenvalue weighted by Gasteiger charge is 2.22. The number of ether oxygens (including phenoxy) is 1. The van der Waals surface area contributed by atoms with Gasteiger partial charge in [-0.25, -0.2) is 0 Å². The maximum Gasteiger partial charge on any atom is 0.196 e. The van der Waals surface area contributed by atoms with Gasteiger partial charge in [0.05, 0.1) is 12.2 Å². The first-order valence-corrected chi connectivity index (χ1v) is 7.42. The van der Waals surface area contributed by atoms with Crippen molar-refractivity contribution in [3.8, 4) is 5.75 Å². The standard InChI is InChI=1S/C17H15BrO2/c1-10-5-11(2)7-13(6-10)16(19)15-9-14(18)8-12-3-4-20-17(12)15/h5-9H,3-4H2,1-2H3. The van der Waals surface area contributed by atoms with E-state index in [2.05, 4.69) is 22.0 Å². The average Bonchev–Trinajstić information content (AvgIpc) is 2.83. The van der Waals surface area contributed by atoms with Gasteiger partial charge in [-0.3, -0.25) is 4.79 Å². The topological polar surface area (TPSA) is 26.3 Å². The summed E-state index contributed by atoms with van der Waals surface area (Å²) in [5.74, 6) is 0.772. The van der Waals surface area contributed by atoms with E-state index in [1.807, 2.05) is 38.1 Å². The van der Waals surface area contributed by atoms with E-state index in [1.165, 1.54) is 0 Å². The molecule has 3 heteroatoms. The van der Waals surface area contributed by atoms with Crippen molar-refractivity contribution in [1.82, 2.24) is 0 Å². The largest absolute Gasteiger partial charge is 0.492 e. The number of rotatable bonds is 2. The van der Waals surface area contributed by atoms with Crippen molar-refractivity contribution in [2.24, 2.45) is 0 Å². The Labute approximate surface area is 126 Å².